The van der Waals surface area contributed by atoms with Crippen molar-refractivity contribution in [2.45, 2.75) is 46.1 Å². The molecular weight excluding hydrogens is 206 g/mol. The Morgan fingerprint density at radius 3 is 2.41 bits per heavy atom. The molecule has 2 unspecified atom stereocenters. The predicted molar refractivity (Wildman–Crippen MR) is 74.2 cm³/mol. The zero-order valence-corrected chi connectivity index (χ0v) is 11.4. The largest absolute Gasteiger partial charge is 0.314 e. The van der Waals surface area contributed by atoms with Crippen molar-refractivity contribution >= 4 is 0 Å². The van der Waals surface area contributed by atoms with Crippen LogP contribution >= 0.6 is 0 Å². The third-order valence-corrected chi connectivity index (χ3v) is 4.04. The smallest absolute Gasteiger partial charge is 0.0136 e. The fourth-order valence-electron chi connectivity index (χ4n) is 2.63. The van der Waals surface area contributed by atoms with Crippen LogP contribution in [0, 0.1) is 18.8 Å². The lowest BCUT2D eigenvalue weighted by Gasteiger charge is -2.25. The van der Waals surface area contributed by atoms with Gasteiger partial charge >= 0.3 is 0 Å². The van der Waals surface area contributed by atoms with E-state index < -0.39 is 0 Å². The Hall–Kier alpha value is -0.820. The first-order valence-electron chi connectivity index (χ1n) is 6.99. The van der Waals surface area contributed by atoms with Crippen LogP contribution in [0.1, 0.15) is 37.8 Å². The van der Waals surface area contributed by atoms with Gasteiger partial charge in [-0.2, -0.15) is 0 Å². The first kappa shape index (κ1) is 12.6. The number of hydrogen-bond donors (Lipinski definition) is 1. The maximum absolute atomic E-state index is 3.67. The fraction of sp³-hybridized carbons (Fsp3) is 0.625. The van der Waals surface area contributed by atoms with Gasteiger partial charge in [0, 0.05) is 6.04 Å². The number of rotatable bonds is 6. The van der Waals surface area contributed by atoms with Crippen molar-refractivity contribution in [2.75, 3.05) is 6.54 Å². The highest BCUT2D eigenvalue weighted by Crippen LogP contribution is 2.38. The van der Waals surface area contributed by atoms with Gasteiger partial charge in [0.05, 0.1) is 0 Å². The molecule has 0 aromatic heterocycles. The maximum Gasteiger partial charge on any atom is 0.0136 e. The molecule has 1 aliphatic rings. The van der Waals surface area contributed by atoms with Gasteiger partial charge in [0.2, 0.25) is 0 Å². The third-order valence-electron chi connectivity index (χ3n) is 4.04. The van der Waals surface area contributed by atoms with Crippen LogP contribution in [0.2, 0.25) is 0 Å². The van der Waals surface area contributed by atoms with Gasteiger partial charge in [0.1, 0.15) is 0 Å². The minimum Gasteiger partial charge on any atom is -0.314 e. The van der Waals surface area contributed by atoms with Crippen molar-refractivity contribution in [3.8, 4) is 0 Å². The predicted octanol–water partition coefficient (Wildman–Crippen LogP) is 3.56. The van der Waals surface area contributed by atoms with Crippen molar-refractivity contribution in [3.63, 3.8) is 0 Å². The minimum absolute atomic E-state index is 0.648. The SMILES string of the molecule is CCNC(Cc1ccc(C)cc1)C(C)C1CC1. The van der Waals surface area contributed by atoms with Crippen LogP contribution in [-0.2, 0) is 6.42 Å². The first-order valence-corrected chi connectivity index (χ1v) is 6.99. The summed E-state index contributed by atoms with van der Waals surface area (Å²) in [5.41, 5.74) is 2.82. The molecule has 17 heavy (non-hydrogen) atoms. The summed E-state index contributed by atoms with van der Waals surface area (Å²) >= 11 is 0. The second-order valence-electron chi connectivity index (χ2n) is 5.55. The van der Waals surface area contributed by atoms with E-state index in [2.05, 4.69) is 50.4 Å². The van der Waals surface area contributed by atoms with E-state index in [4.69, 9.17) is 0 Å². The molecule has 1 aromatic carbocycles. The van der Waals surface area contributed by atoms with Gasteiger partial charge in [-0.15, -0.1) is 0 Å². The molecule has 0 heterocycles. The Morgan fingerprint density at radius 2 is 1.88 bits per heavy atom. The molecule has 0 spiro atoms. The second-order valence-corrected chi connectivity index (χ2v) is 5.55. The van der Waals surface area contributed by atoms with Crippen LogP contribution in [0.5, 0.6) is 0 Å². The molecule has 0 radical (unpaired) electrons. The van der Waals surface area contributed by atoms with Crippen LogP contribution < -0.4 is 5.32 Å². The van der Waals surface area contributed by atoms with Gasteiger partial charge < -0.3 is 5.32 Å². The lowest BCUT2D eigenvalue weighted by Crippen LogP contribution is -2.37. The first-order chi connectivity index (χ1) is 8.20. The van der Waals surface area contributed by atoms with Gasteiger partial charge in [-0.25, -0.2) is 0 Å². The highest BCUT2D eigenvalue weighted by Gasteiger charge is 2.32. The Morgan fingerprint density at radius 1 is 1.24 bits per heavy atom. The Kier molecular flexibility index (Phi) is 4.22. The van der Waals surface area contributed by atoms with E-state index in [1.54, 1.807) is 0 Å². The van der Waals surface area contributed by atoms with Crippen molar-refractivity contribution < 1.29 is 0 Å². The molecule has 0 saturated heterocycles. The monoisotopic (exact) mass is 231 g/mol. The summed E-state index contributed by atoms with van der Waals surface area (Å²) in [6.45, 7) is 7.85. The van der Waals surface area contributed by atoms with Crippen LogP contribution in [0.25, 0.3) is 0 Å². The summed E-state index contributed by atoms with van der Waals surface area (Å²) < 4.78 is 0. The van der Waals surface area contributed by atoms with Gasteiger partial charge in [0.15, 0.2) is 0 Å². The minimum atomic E-state index is 0.648. The van der Waals surface area contributed by atoms with Crippen LogP contribution in [0.4, 0.5) is 0 Å². The van der Waals surface area contributed by atoms with Gasteiger partial charge in [-0.05, 0) is 50.1 Å². The van der Waals surface area contributed by atoms with E-state index in [9.17, 15) is 0 Å². The van der Waals surface area contributed by atoms with Crippen LogP contribution in [0.3, 0.4) is 0 Å². The number of likely N-dealkylation sites (N-methyl/N-ethyl adjacent to an activating group) is 1. The van der Waals surface area contributed by atoms with E-state index in [0.29, 0.717) is 6.04 Å². The molecule has 1 heteroatoms. The van der Waals surface area contributed by atoms with Crippen molar-refractivity contribution in [1.29, 1.82) is 0 Å². The Labute approximate surface area is 106 Å². The molecule has 1 nitrogen and oxygen atoms in total. The van der Waals surface area contributed by atoms with Crippen LogP contribution in [-0.4, -0.2) is 12.6 Å². The molecule has 0 bridgehead atoms. The van der Waals surface area contributed by atoms with Crippen molar-refractivity contribution in [1.82, 2.24) is 5.32 Å². The summed E-state index contributed by atoms with van der Waals surface area (Å²) in [7, 11) is 0. The summed E-state index contributed by atoms with van der Waals surface area (Å²) in [5.74, 6) is 1.79. The van der Waals surface area contributed by atoms with E-state index in [-0.39, 0.29) is 0 Å². The quantitative estimate of drug-likeness (QED) is 0.789. The molecular formula is C16H25N. The summed E-state index contributed by atoms with van der Waals surface area (Å²) in [5, 5.41) is 3.67. The summed E-state index contributed by atoms with van der Waals surface area (Å²) in [6, 6.07) is 9.65. The van der Waals surface area contributed by atoms with E-state index >= 15 is 0 Å². The fourth-order valence-corrected chi connectivity index (χ4v) is 2.63. The molecule has 94 valence electrons. The van der Waals surface area contributed by atoms with Gasteiger partial charge in [-0.3, -0.25) is 0 Å². The molecule has 1 aliphatic carbocycles. The second kappa shape index (κ2) is 5.68. The average molecular weight is 231 g/mol. The van der Waals surface area contributed by atoms with Crippen molar-refractivity contribution in [3.05, 3.63) is 35.4 Å². The third kappa shape index (κ3) is 3.57. The molecule has 1 aromatic rings. The van der Waals surface area contributed by atoms with Crippen molar-refractivity contribution in [2.24, 2.45) is 11.8 Å². The molecule has 1 saturated carbocycles. The zero-order valence-electron chi connectivity index (χ0n) is 11.4. The van der Waals surface area contributed by atoms with E-state index in [1.807, 2.05) is 0 Å². The normalized spacial score (nSPS) is 19.0. The topological polar surface area (TPSA) is 12.0 Å². The maximum atomic E-state index is 3.67. The highest BCUT2D eigenvalue weighted by molar-refractivity contribution is 5.22. The Bertz CT molecular complexity index is 337. The number of aryl methyl sites for hydroxylation is 1. The Balaban J connectivity index is 1.98. The lowest BCUT2D eigenvalue weighted by molar-refractivity contribution is 0.344. The number of nitrogens with one attached hydrogen (secondary N) is 1. The van der Waals surface area contributed by atoms with Gasteiger partial charge in [0.25, 0.3) is 0 Å². The number of hydrogen-bond acceptors (Lipinski definition) is 1. The summed E-state index contributed by atoms with van der Waals surface area (Å²) in [4.78, 5) is 0. The lowest BCUT2D eigenvalue weighted by atomic mass is 9.91. The molecule has 1 fully saturated rings. The molecule has 1 N–H and O–H groups in total. The van der Waals surface area contributed by atoms with Gasteiger partial charge in [-0.1, -0.05) is 43.7 Å². The standard InChI is InChI=1S/C16H25N/c1-4-17-16(13(3)15-9-10-15)11-14-7-5-12(2)6-8-14/h5-8,13,15-17H,4,9-11H2,1-3H3. The molecule has 0 amide bonds. The highest BCUT2D eigenvalue weighted by atomic mass is 14.9. The van der Waals surface area contributed by atoms with Crippen LogP contribution in [0.15, 0.2) is 24.3 Å². The molecule has 2 rings (SSSR count). The zero-order chi connectivity index (χ0) is 12.3. The summed E-state index contributed by atoms with van der Waals surface area (Å²) in [6.07, 6.45) is 4.06. The molecule has 0 aliphatic heterocycles. The average Bonchev–Trinajstić information content (AvgIpc) is 3.14. The van der Waals surface area contributed by atoms with E-state index in [1.165, 1.54) is 30.4 Å². The number of benzene rings is 1. The van der Waals surface area contributed by atoms with E-state index in [0.717, 1.165) is 18.4 Å². The molecule has 2 atom stereocenters.